The molecule has 0 aromatic carbocycles. The van der Waals surface area contributed by atoms with Crippen molar-refractivity contribution in [2.24, 2.45) is 0 Å². The van der Waals surface area contributed by atoms with Crippen LogP contribution in [0, 0.1) is 0 Å². The van der Waals surface area contributed by atoms with Crippen LogP contribution in [0.25, 0.3) is 0 Å². The lowest BCUT2D eigenvalue weighted by Gasteiger charge is -2.36. The van der Waals surface area contributed by atoms with E-state index in [1.807, 2.05) is 11.8 Å². The summed E-state index contributed by atoms with van der Waals surface area (Å²) in [4.78, 5) is 25.8. The molecule has 0 radical (unpaired) electrons. The van der Waals surface area contributed by atoms with Crippen LogP contribution in [-0.2, 0) is 4.79 Å². The average Bonchev–Trinajstić information content (AvgIpc) is 2.25. The summed E-state index contributed by atoms with van der Waals surface area (Å²) in [5.41, 5.74) is -0.658. The van der Waals surface area contributed by atoms with Crippen LogP contribution in [0.4, 0.5) is 4.79 Å². The lowest BCUT2D eigenvalue weighted by Crippen LogP contribution is -2.54. The van der Waals surface area contributed by atoms with Gasteiger partial charge in [0, 0.05) is 17.3 Å². The maximum absolute atomic E-state index is 11.5. The van der Waals surface area contributed by atoms with E-state index in [9.17, 15) is 9.59 Å². The second-order valence-electron chi connectivity index (χ2n) is 4.20. The fourth-order valence-corrected chi connectivity index (χ4v) is 1.64. The number of rotatable bonds is 5. The van der Waals surface area contributed by atoms with Crippen LogP contribution < -0.4 is 4.84 Å². The number of carbonyl (C=O) groups excluding carboxylic acids is 2. The molecule has 16 heavy (non-hydrogen) atoms. The fourth-order valence-electron chi connectivity index (χ4n) is 1.56. The average molecular weight is 251 g/mol. The minimum absolute atomic E-state index is 0.653. The van der Waals surface area contributed by atoms with Crippen LogP contribution >= 0.6 is 11.8 Å². The normalized spacial score (nSPS) is 11.1. The van der Waals surface area contributed by atoms with Gasteiger partial charge in [-0.3, -0.25) is 9.69 Å². The van der Waals surface area contributed by atoms with Crippen molar-refractivity contribution in [3.05, 3.63) is 0 Å². The molecule has 0 saturated carbocycles. The summed E-state index contributed by atoms with van der Waals surface area (Å²) >= 11 is 5.21. The number of halogens is 1. The zero-order chi connectivity index (χ0) is 12.8. The van der Waals surface area contributed by atoms with Crippen LogP contribution in [0.5, 0.6) is 0 Å². The van der Waals surface area contributed by atoms with E-state index in [0.717, 1.165) is 17.7 Å². The summed E-state index contributed by atoms with van der Waals surface area (Å²) in [5, 5.41) is 8.82. The first kappa shape index (κ1) is 15.2. The predicted octanol–water partition coefficient (Wildman–Crippen LogP) is 1.64. The van der Waals surface area contributed by atoms with Crippen LogP contribution in [0.3, 0.4) is 0 Å². The van der Waals surface area contributed by atoms with Gasteiger partial charge in [-0.1, -0.05) is 19.8 Å². The van der Waals surface area contributed by atoms with Crippen molar-refractivity contribution in [2.75, 3.05) is 6.61 Å². The topological polar surface area (TPSA) is 69.6 Å². The molecule has 0 aliphatic heterocycles. The molecule has 0 rings (SSSR count). The molecule has 94 valence electrons. The van der Waals surface area contributed by atoms with Crippen LogP contribution in [0.15, 0.2) is 0 Å². The fraction of sp³-hybridized carbons (Fsp3) is 0.800. The summed E-state index contributed by atoms with van der Waals surface area (Å²) in [6.07, 6.45) is 2.52. The smallest absolute Gasteiger partial charge is 0.339 e. The third kappa shape index (κ3) is 3.98. The highest BCUT2D eigenvalue weighted by atomic mass is 35.5. The maximum atomic E-state index is 11.5. The molecule has 0 aliphatic rings. The van der Waals surface area contributed by atoms with Gasteiger partial charge >= 0.3 is 6.03 Å². The van der Waals surface area contributed by atoms with Crippen molar-refractivity contribution in [1.29, 1.82) is 0 Å². The number of hydrogen-bond acceptors (Lipinski definition) is 3. The molecule has 0 aromatic rings. The van der Waals surface area contributed by atoms with E-state index in [1.54, 1.807) is 13.8 Å². The summed E-state index contributed by atoms with van der Waals surface area (Å²) in [6, 6.07) is -0.707. The number of nitrogens with one attached hydrogen (secondary N) is 1. The van der Waals surface area contributed by atoms with E-state index in [1.165, 1.54) is 0 Å². The van der Waals surface area contributed by atoms with Gasteiger partial charge in [-0.05, 0) is 20.3 Å². The van der Waals surface area contributed by atoms with Gasteiger partial charge in [-0.2, -0.15) is 0 Å². The lowest BCUT2D eigenvalue weighted by molar-refractivity contribution is -0.135. The summed E-state index contributed by atoms with van der Waals surface area (Å²) < 4.78 is 0. The van der Waals surface area contributed by atoms with Crippen LogP contribution in [0.2, 0.25) is 0 Å². The van der Waals surface area contributed by atoms with Crippen molar-refractivity contribution >= 4 is 23.7 Å². The third-order valence-electron chi connectivity index (χ3n) is 2.42. The number of amides is 3. The van der Waals surface area contributed by atoms with Gasteiger partial charge in [0.1, 0.15) is 6.61 Å². The summed E-state index contributed by atoms with van der Waals surface area (Å²) in [6.45, 7) is 4.85. The predicted molar refractivity (Wildman–Crippen MR) is 61.9 cm³/mol. The largest absolute Gasteiger partial charge is 0.387 e. The molecular formula is C10H19ClN2O3. The lowest BCUT2D eigenvalue weighted by atomic mass is 9.95. The minimum atomic E-state index is -0.708. The molecule has 5 nitrogen and oxygen atoms in total. The first-order valence-electron chi connectivity index (χ1n) is 5.25. The molecule has 0 aliphatic carbocycles. The highest BCUT2D eigenvalue weighted by Gasteiger charge is 2.34. The van der Waals surface area contributed by atoms with Crippen LogP contribution in [0.1, 0.15) is 40.0 Å². The molecule has 0 atom stereocenters. The first-order chi connectivity index (χ1) is 7.40. The Morgan fingerprint density at radius 1 is 1.44 bits per heavy atom. The van der Waals surface area contributed by atoms with E-state index in [4.69, 9.17) is 16.9 Å². The number of nitrogens with zero attached hydrogens (tertiary/aromatic N) is 1. The zero-order valence-corrected chi connectivity index (χ0v) is 10.7. The van der Waals surface area contributed by atoms with Gasteiger partial charge in [0.25, 0.3) is 5.91 Å². The van der Waals surface area contributed by atoms with Gasteiger partial charge in [0.05, 0.1) is 0 Å². The Morgan fingerprint density at radius 3 is 2.38 bits per heavy atom. The van der Waals surface area contributed by atoms with E-state index in [0.29, 0.717) is 6.42 Å². The Kier molecular flexibility index (Phi) is 6.36. The van der Waals surface area contributed by atoms with Gasteiger partial charge in [0.15, 0.2) is 0 Å². The second kappa shape index (κ2) is 6.70. The van der Waals surface area contributed by atoms with Crippen molar-refractivity contribution in [3.8, 4) is 0 Å². The Morgan fingerprint density at radius 2 is 2.00 bits per heavy atom. The van der Waals surface area contributed by atoms with Gasteiger partial charge < -0.3 is 5.11 Å². The second-order valence-corrected chi connectivity index (χ2v) is 4.39. The standard InChI is InChI=1S/C10H19ClN2O3/c1-4-5-6-10(2,3)13(8(15)7-14)9(16)12-11/h14H,4-7H2,1-3H3,(H,12,16). The molecule has 0 aromatic heterocycles. The quantitative estimate of drug-likeness (QED) is 0.729. The maximum Gasteiger partial charge on any atom is 0.339 e. The molecule has 0 heterocycles. The Hall–Kier alpha value is -0.810. The number of hydrogen-bond donors (Lipinski definition) is 2. The van der Waals surface area contributed by atoms with Crippen molar-refractivity contribution < 1.29 is 14.7 Å². The highest BCUT2D eigenvalue weighted by molar-refractivity contribution is 6.22. The number of aliphatic hydroxyl groups excluding tert-OH is 1. The highest BCUT2D eigenvalue weighted by Crippen LogP contribution is 2.22. The minimum Gasteiger partial charge on any atom is -0.387 e. The Labute approximate surface area is 101 Å². The first-order valence-corrected chi connectivity index (χ1v) is 5.63. The molecular weight excluding hydrogens is 232 g/mol. The molecule has 0 bridgehead atoms. The molecule has 0 saturated heterocycles. The Balaban J connectivity index is 4.86. The third-order valence-corrected chi connectivity index (χ3v) is 2.58. The number of unbranched alkanes of at least 4 members (excludes halogenated alkanes) is 1. The van der Waals surface area contributed by atoms with Gasteiger partial charge in [-0.25, -0.2) is 9.63 Å². The van der Waals surface area contributed by atoms with Crippen molar-refractivity contribution in [1.82, 2.24) is 9.74 Å². The monoisotopic (exact) mass is 250 g/mol. The van der Waals surface area contributed by atoms with Gasteiger partial charge in [-0.15, -0.1) is 0 Å². The number of aliphatic hydroxyl groups is 1. The summed E-state index contributed by atoms with van der Waals surface area (Å²) in [5.74, 6) is -0.653. The van der Waals surface area contributed by atoms with E-state index < -0.39 is 24.1 Å². The number of carbonyl (C=O) groups is 2. The van der Waals surface area contributed by atoms with Crippen LogP contribution in [-0.4, -0.2) is 34.1 Å². The number of imide groups is 1. The van der Waals surface area contributed by atoms with E-state index in [-0.39, 0.29) is 0 Å². The van der Waals surface area contributed by atoms with E-state index >= 15 is 0 Å². The SMILES string of the molecule is CCCCC(C)(C)N(C(=O)CO)C(=O)NCl. The molecule has 0 unspecified atom stereocenters. The molecule has 2 N–H and O–H groups in total. The molecule has 0 fully saturated rings. The summed E-state index contributed by atoms with van der Waals surface area (Å²) in [7, 11) is 0. The van der Waals surface area contributed by atoms with Crippen molar-refractivity contribution in [2.45, 2.75) is 45.6 Å². The molecule has 0 spiro atoms. The van der Waals surface area contributed by atoms with E-state index in [2.05, 4.69) is 0 Å². The molecule has 6 heteroatoms. The molecule has 3 amide bonds. The Bertz CT molecular complexity index is 240. The van der Waals surface area contributed by atoms with Gasteiger partial charge in [0.2, 0.25) is 0 Å². The van der Waals surface area contributed by atoms with Crippen molar-refractivity contribution in [3.63, 3.8) is 0 Å². The zero-order valence-electron chi connectivity index (χ0n) is 9.92. The number of urea groups is 1.